The van der Waals surface area contributed by atoms with Gasteiger partial charge in [-0.05, 0) is 70.9 Å². The van der Waals surface area contributed by atoms with Crippen molar-refractivity contribution in [3.8, 4) is 5.75 Å². The predicted molar refractivity (Wildman–Crippen MR) is 126 cm³/mol. The third kappa shape index (κ3) is 6.24. The lowest BCUT2D eigenvalue weighted by Crippen LogP contribution is -2.31. The summed E-state index contributed by atoms with van der Waals surface area (Å²) in [7, 11) is 5.60. The molecular weight excluding hydrogens is 436 g/mol. The summed E-state index contributed by atoms with van der Waals surface area (Å²) < 4.78 is 7.11. The lowest BCUT2D eigenvalue weighted by molar-refractivity contribution is -0.113. The molecule has 0 radical (unpaired) electrons. The van der Waals surface area contributed by atoms with Gasteiger partial charge in [-0.15, -0.1) is 0 Å². The minimum Gasteiger partial charge on any atom is -0.495 e. The van der Waals surface area contributed by atoms with E-state index >= 15 is 0 Å². The Kier molecular flexibility index (Phi) is 8.40. The fraction of sp³-hybridized carbons (Fsp3) is 0.500. The molecule has 0 fully saturated rings. The fourth-order valence-corrected chi connectivity index (χ4v) is 4.79. The zero-order valence-corrected chi connectivity index (χ0v) is 19.8. The summed E-state index contributed by atoms with van der Waals surface area (Å²) in [6, 6.07) is 5.06. The normalized spacial score (nSPS) is 13.2. The lowest BCUT2D eigenvalue weighted by Gasteiger charge is -2.23. The van der Waals surface area contributed by atoms with E-state index in [4.69, 9.17) is 16.3 Å². The fourth-order valence-electron chi connectivity index (χ4n) is 3.74. The van der Waals surface area contributed by atoms with Gasteiger partial charge < -0.3 is 15.0 Å². The average molecular weight is 465 g/mol. The molecule has 1 aromatic carbocycles. The topological polar surface area (TPSA) is 76.5 Å². The molecular formula is C22H29ClN4O3S. The molecule has 1 heterocycles. The predicted octanol–water partition coefficient (Wildman–Crippen LogP) is 3.47. The number of thioether (sulfide) groups is 1. The highest BCUT2D eigenvalue weighted by Gasteiger charge is 2.21. The van der Waals surface area contributed by atoms with Crippen molar-refractivity contribution >= 4 is 35.0 Å². The van der Waals surface area contributed by atoms with Crippen molar-refractivity contribution in [2.24, 2.45) is 0 Å². The molecule has 1 aliphatic carbocycles. The number of rotatable bonds is 9. The molecule has 0 unspecified atom stereocenters. The first kappa shape index (κ1) is 23.6. The van der Waals surface area contributed by atoms with Gasteiger partial charge in [0, 0.05) is 22.8 Å². The van der Waals surface area contributed by atoms with Gasteiger partial charge in [-0.25, -0.2) is 4.79 Å². The number of hydrogen-bond acceptors (Lipinski definition) is 6. The Morgan fingerprint density at radius 3 is 2.84 bits per heavy atom. The maximum absolute atomic E-state index is 12.7. The monoisotopic (exact) mass is 464 g/mol. The molecule has 7 nitrogen and oxygen atoms in total. The highest BCUT2D eigenvalue weighted by atomic mass is 35.5. The van der Waals surface area contributed by atoms with Crippen molar-refractivity contribution < 1.29 is 9.53 Å². The van der Waals surface area contributed by atoms with Gasteiger partial charge in [-0.2, -0.15) is 4.98 Å². The number of carbonyl (C=O) groups is 1. The first-order valence-electron chi connectivity index (χ1n) is 10.4. The van der Waals surface area contributed by atoms with Crippen LogP contribution in [0.1, 0.15) is 30.5 Å². The third-order valence-electron chi connectivity index (χ3n) is 5.21. The van der Waals surface area contributed by atoms with E-state index in [1.165, 1.54) is 18.9 Å². The second kappa shape index (κ2) is 11.0. The van der Waals surface area contributed by atoms with Gasteiger partial charge in [0.25, 0.3) is 0 Å². The summed E-state index contributed by atoms with van der Waals surface area (Å²) in [4.78, 5) is 31.7. The Morgan fingerprint density at radius 2 is 2.10 bits per heavy atom. The van der Waals surface area contributed by atoms with Crippen LogP contribution >= 0.6 is 23.4 Å². The molecule has 1 aromatic heterocycles. The van der Waals surface area contributed by atoms with E-state index in [2.05, 4.69) is 15.2 Å². The number of benzene rings is 1. The van der Waals surface area contributed by atoms with E-state index in [9.17, 15) is 9.59 Å². The molecule has 0 spiro atoms. The SMILES string of the molecule is COc1ccc(Cl)cc1NC(=O)CSc1nc(=O)n(CCCN(C)C)c2c1CCCC2. The molecule has 9 heteroatoms. The molecule has 3 rings (SSSR count). The van der Waals surface area contributed by atoms with E-state index in [0.717, 1.165) is 49.9 Å². The highest BCUT2D eigenvalue weighted by Crippen LogP contribution is 2.30. The number of halogens is 1. The number of nitrogens with one attached hydrogen (secondary N) is 1. The summed E-state index contributed by atoms with van der Waals surface area (Å²) in [5.74, 6) is 0.491. The molecule has 2 aromatic rings. The highest BCUT2D eigenvalue weighted by molar-refractivity contribution is 8.00. The maximum Gasteiger partial charge on any atom is 0.348 e. The molecule has 0 bridgehead atoms. The zero-order chi connectivity index (χ0) is 22.4. The maximum atomic E-state index is 12.7. The molecule has 31 heavy (non-hydrogen) atoms. The van der Waals surface area contributed by atoms with Crippen molar-refractivity contribution in [2.75, 3.05) is 38.8 Å². The number of fused-ring (bicyclic) bond motifs is 1. The quantitative estimate of drug-likeness (QED) is 0.452. The number of nitrogens with zero attached hydrogens (tertiary/aromatic N) is 3. The molecule has 1 N–H and O–H groups in total. The van der Waals surface area contributed by atoms with Gasteiger partial charge in [0.2, 0.25) is 5.91 Å². The number of methoxy groups -OCH3 is 1. The van der Waals surface area contributed by atoms with Crippen LogP contribution < -0.4 is 15.7 Å². The molecule has 1 amide bonds. The van der Waals surface area contributed by atoms with Gasteiger partial charge in [-0.1, -0.05) is 23.4 Å². The molecule has 1 aliphatic rings. The van der Waals surface area contributed by atoms with E-state index in [1.54, 1.807) is 18.2 Å². The van der Waals surface area contributed by atoms with Crippen LogP contribution in [-0.2, 0) is 24.2 Å². The van der Waals surface area contributed by atoms with Crippen LogP contribution in [0.3, 0.4) is 0 Å². The lowest BCUT2D eigenvalue weighted by atomic mass is 9.97. The van der Waals surface area contributed by atoms with Crippen molar-refractivity contribution in [1.29, 1.82) is 0 Å². The Bertz CT molecular complexity index is 993. The molecule has 0 saturated carbocycles. The number of carbonyl (C=O) groups excluding carboxylic acids is 1. The van der Waals surface area contributed by atoms with Crippen molar-refractivity contribution in [1.82, 2.24) is 14.5 Å². The largest absolute Gasteiger partial charge is 0.495 e. The minimum absolute atomic E-state index is 0.152. The van der Waals surface area contributed by atoms with E-state index in [-0.39, 0.29) is 17.3 Å². The van der Waals surface area contributed by atoms with Crippen molar-refractivity contribution in [3.63, 3.8) is 0 Å². The van der Waals surface area contributed by atoms with Gasteiger partial charge in [-0.3, -0.25) is 9.36 Å². The second-order valence-corrected chi connectivity index (χ2v) is 9.22. The van der Waals surface area contributed by atoms with Crippen molar-refractivity contribution in [3.05, 3.63) is 45.0 Å². The average Bonchev–Trinajstić information content (AvgIpc) is 2.74. The number of anilines is 1. The number of hydrogen-bond donors (Lipinski definition) is 1. The van der Waals surface area contributed by atoms with Crippen LogP contribution in [0.25, 0.3) is 0 Å². The van der Waals surface area contributed by atoms with Crippen LogP contribution in [0.5, 0.6) is 5.75 Å². The van der Waals surface area contributed by atoms with Crippen LogP contribution in [0, 0.1) is 0 Å². The van der Waals surface area contributed by atoms with Gasteiger partial charge in [0.1, 0.15) is 10.8 Å². The third-order valence-corrected chi connectivity index (χ3v) is 6.47. The van der Waals surface area contributed by atoms with E-state index in [1.807, 2.05) is 18.7 Å². The molecule has 0 aliphatic heterocycles. The summed E-state index contributed by atoms with van der Waals surface area (Å²) in [5, 5.41) is 4.02. The van der Waals surface area contributed by atoms with Crippen LogP contribution in [0.4, 0.5) is 5.69 Å². The molecule has 168 valence electrons. The Labute approximate surface area is 192 Å². The summed E-state index contributed by atoms with van der Waals surface area (Å²) in [6.07, 6.45) is 4.82. The summed E-state index contributed by atoms with van der Waals surface area (Å²) >= 11 is 7.35. The second-order valence-electron chi connectivity index (χ2n) is 7.82. The summed E-state index contributed by atoms with van der Waals surface area (Å²) in [5.41, 5.74) is 2.50. The van der Waals surface area contributed by atoms with Crippen molar-refractivity contribution in [2.45, 2.75) is 43.7 Å². The van der Waals surface area contributed by atoms with Gasteiger partial charge in [0.05, 0.1) is 18.6 Å². The van der Waals surface area contributed by atoms with Crippen LogP contribution in [-0.4, -0.2) is 53.9 Å². The van der Waals surface area contributed by atoms with Crippen LogP contribution in [0.2, 0.25) is 5.02 Å². The Hall–Kier alpha value is -2.03. The smallest absolute Gasteiger partial charge is 0.348 e. The Balaban J connectivity index is 1.73. The van der Waals surface area contributed by atoms with E-state index in [0.29, 0.717) is 28.0 Å². The van der Waals surface area contributed by atoms with Crippen LogP contribution in [0.15, 0.2) is 28.0 Å². The number of ether oxygens (including phenoxy) is 1. The number of aromatic nitrogens is 2. The zero-order valence-electron chi connectivity index (χ0n) is 18.2. The number of amides is 1. The summed E-state index contributed by atoms with van der Waals surface area (Å²) in [6.45, 7) is 1.59. The minimum atomic E-state index is -0.223. The standard InChI is InChI=1S/C22H29ClN4O3S/c1-26(2)11-6-12-27-18-8-5-4-7-16(18)21(25-22(27)29)31-14-20(28)24-17-13-15(23)9-10-19(17)30-3/h9-10,13H,4-8,11-12,14H2,1-3H3,(H,24,28). The first-order chi connectivity index (χ1) is 14.9. The Morgan fingerprint density at radius 1 is 1.32 bits per heavy atom. The van der Waals surface area contributed by atoms with E-state index < -0.39 is 0 Å². The molecule has 0 saturated heterocycles. The molecule has 0 atom stereocenters. The van der Waals surface area contributed by atoms with Gasteiger partial charge >= 0.3 is 5.69 Å². The van der Waals surface area contributed by atoms with Gasteiger partial charge in [0.15, 0.2) is 0 Å². The first-order valence-corrected chi connectivity index (χ1v) is 11.8.